The summed E-state index contributed by atoms with van der Waals surface area (Å²) in [6.07, 6.45) is 3.86. The average Bonchev–Trinajstić information content (AvgIpc) is 3.16. The Labute approximate surface area is 162 Å². The predicted molar refractivity (Wildman–Crippen MR) is 102 cm³/mol. The molecule has 0 atom stereocenters. The number of hydrogen-bond donors (Lipinski definition) is 1. The molecule has 0 aliphatic heterocycles. The second-order valence-electron chi connectivity index (χ2n) is 5.54. The number of esters is 1. The molecule has 146 valence electrons. The standard InChI is InChI=1S/C18H23N3O5S/c1-24-10-4-9-21(11-16-20-15(12-26-16)17(22)25-2)18(23)19-13-5-7-14(27-3)8-6-13/h5-8,12H,4,9-11H2,1-3H3,(H,19,23). The summed E-state index contributed by atoms with van der Waals surface area (Å²) < 4.78 is 14.9. The Balaban J connectivity index is 2.06. The quantitative estimate of drug-likeness (QED) is 0.397. The molecule has 0 saturated heterocycles. The van der Waals surface area contributed by atoms with Gasteiger partial charge in [-0.25, -0.2) is 14.6 Å². The Hall–Kier alpha value is -2.52. The summed E-state index contributed by atoms with van der Waals surface area (Å²) in [6.45, 7) is 1.08. The van der Waals surface area contributed by atoms with Crippen LogP contribution in [0.2, 0.25) is 0 Å². The maximum Gasteiger partial charge on any atom is 0.360 e. The summed E-state index contributed by atoms with van der Waals surface area (Å²) in [5.41, 5.74) is 0.759. The Bertz CT molecular complexity index is 748. The monoisotopic (exact) mass is 393 g/mol. The summed E-state index contributed by atoms with van der Waals surface area (Å²) in [6, 6.07) is 7.27. The van der Waals surface area contributed by atoms with Crippen LogP contribution in [-0.2, 0) is 16.0 Å². The molecule has 1 N–H and O–H groups in total. The van der Waals surface area contributed by atoms with Crippen molar-refractivity contribution in [3.8, 4) is 0 Å². The van der Waals surface area contributed by atoms with E-state index >= 15 is 0 Å². The number of rotatable bonds is 9. The van der Waals surface area contributed by atoms with Crippen molar-refractivity contribution in [2.45, 2.75) is 17.9 Å². The molecule has 1 aromatic heterocycles. The molecule has 27 heavy (non-hydrogen) atoms. The highest BCUT2D eigenvalue weighted by atomic mass is 32.2. The maximum absolute atomic E-state index is 12.7. The smallest absolute Gasteiger partial charge is 0.360 e. The first-order valence-electron chi connectivity index (χ1n) is 8.29. The molecule has 0 aliphatic rings. The van der Waals surface area contributed by atoms with Crippen molar-refractivity contribution in [2.75, 3.05) is 38.9 Å². The third-order valence-corrected chi connectivity index (χ3v) is 4.42. The molecule has 0 aliphatic carbocycles. The number of ether oxygens (including phenoxy) is 2. The fourth-order valence-corrected chi connectivity index (χ4v) is 2.68. The van der Waals surface area contributed by atoms with E-state index in [0.717, 1.165) is 4.90 Å². The Morgan fingerprint density at radius 2 is 2.00 bits per heavy atom. The van der Waals surface area contributed by atoms with E-state index in [1.807, 2.05) is 30.5 Å². The lowest BCUT2D eigenvalue weighted by molar-refractivity contribution is 0.0594. The fraction of sp³-hybridized carbons (Fsp3) is 0.389. The number of methoxy groups -OCH3 is 2. The summed E-state index contributed by atoms with van der Waals surface area (Å²) >= 11 is 1.63. The van der Waals surface area contributed by atoms with Gasteiger partial charge in [-0.3, -0.25) is 0 Å². The van der Waals surface area contributed by atoms with Crippen molar-refractivity contribution in [3.05, 3.63) is 42.1 Å². The van der Waals surface area contributed by atoms with Crippen LogP contribution in [0.15, 0.2) is 39.8 Å². The molecule has 8 nitrogen and oxygen atoms in total. The van der Waals surface area contributed by atoms with Crippen LogP contribution in [0.1, 0.15) is 22.8 Å². The van der Waals surface area contributed by atoms with E-state index < -0.39 is 5.97 Å². The van der Waals surface area contributed by atoms with E-state index in [4.69, 9.17) is 9.15 Å². The molecule has 0 saturated carbocycles. The van der Waals surface area contributed by atoms with Crippen LogP contribution in [-0.4, -0.2) is 55.5 Å². The second-order valence-corrected chi connectivity index (χ2v) is 6.42. The zero-order valence-electron chi connectivity index (χ0n) is 15.6. The fourth-order valence-electron chi connectivity index (χ4n) is 2.27. The van der Waals surface area contributed by atoms with Gasteiger partial charge in [0, 0.05) is 30.8 Å². The Morgan fingerprint density at radius 1 is 1.26 bits per heavy atom. The number of amides is 2. The van der Waals surface area contributed by atoms with Gasteiger partial charge in [-0.05, 0) is 36.9 Å². The number of nitrogens with one attached hydrogen (secondary N) is 1. The van der Waals surface area contributed by atoms with Crippen LogP contribution in [0.3, 0.4) is 0 Å². The van der Waals surface area contributed by atoms with E-state index in [2.05, 4.69) is 15.0 Å². The zero-order chi connectivity index (χ0) is 19.6. The third kappa shape index (κ3) is 6.30. The minimum absolute atomic E-state index is 0.0670. The van der Waals surface area contributed by atoms with Gasteiger partial charge < -0.3 is 24.1 Å². The molecule has 2 amide bonds. The van der Waals surface area contributed by atoms with Gasteiger partial charge in [-0.15, -0.1) is 11.8 Å². The summed E-state index contributed by atoms with van der Waals surface area (Å²) in [5.74, 6) is -0.338. The first kappa shape index (κ1) is 20.8. The molecule has 0 radical (unpaired) electrons. The van der Waals surface area contributed by atoms with Crippen molar-refractivity contribution in [2.24, 2.45) is 0 Å². The van der Waals surface area contributed by atoms with E-state index in [1.54, 1.807) is 23.8 Å². The lowest BCUT2D eigenvalue weighted by Crippen LogP contribution is -2.35. The van der Waals surface area contributed by atoms with Crippen LogP contribution in [0.4, 0.5) is 10.5 Å². The molecule has 9 heteroatoms. The largest absolute Gasteiger partial charge is 0.464 e. The molecule has 0 fully saturated rings. The molecule has 0 bridgehead atoms. The van der Waals surface area contributed by atoms with Gasteiger partial charge in [0.15, 0.2) is 5.69 Å². The minimum atomic E-state index is -0.589. The number of carbonyl (C=O) groups is 2. The summed E-state index contributed by atoms with van der Waals surface area (Å²) in [7, 11) is 2.87. The number of oxazole rings is 1. The maximum atomic E-state index is 12.7. The molecule has 0 spiro atoms. The van der Waals surface area contributed by atoms with Crippen molar-refractivity contribution >= 4 is 29.4 Å². The van der Waals surface area contributed by atoms with Crippen LogP contribution < -0.4 is 5.32 Å². The van der Waals surface area contributed by atoms with Crippen LogP contribution in [0, 0.1) is 0 Å². The zero-order valence-corrected chi connectivity index (χ0v) is 16.4. The first-order valence-corrected chi connectivity index (χ1v) is 9.51. The lowest BCUT2D eigenvalue weighted by Gasteiger charge is -2.21. The molecule has 2 rings (SSSR count). The van der Waals surface area contributed by atoms with E-state index in [-0.39, 0.29) is 24.2 Å². The van der Waals surface area contributed by atoms with Crippen molar-refractivity contribution in [3.63, 3.8) is 0 Å². The normalized spacial score (nSPS) is 10.5. The number of aromatic nitrogens is 1. The van der Waals surface area contributed by atoms with Gasteiger partial charge in [-0.1, -0.05) is 0 Å². The third-order valence-electron chi connectivity index (χ3n) is 3.68. The highest BCUT2D eigenvalue weighted by molar-refractivity contribution is 7.98. The van der Waals surface area contributed by atoms with Crippen molar-refractivity contribution in [1.29, 1.82) is 0 Å². The topological polar surface area (TPSA) is 93.9 Å². The van der Waals surface area contributed by atoms with Gasteiger partial charge in [0.25, 0.3) is 0 Å². The van der Waals surface area contributed by atoms with Crippen LogP contribution in [0.5, 0.6) is 0 Å². The predicted octanol–water partition coefficient (Wildman–Crippen LogP) is 3.25. The van der Waals surface area contributed by atoms with Crippen LogP contribution in [0.25, 0.3) is 0 Å². The molecular formula is C18H23N3O5S. The highest BCUT2D eigenvalue weighted by Gasteiger charge is 2.19. The molecule has 1 heterocycles. The summed E-state index contributed by atoms with van der Waals surface area (Å²) in [4.78, 5) is 30.9. The summed E-state index contributed by atoms with van der Waals surface area (Å²) in [5, 5.41) is 2.86. The lowest BCUT2D eigenvalue weighted by atomic mass is 10.3. The van der Waals surface area contributed by atoms with Gasteiger partial charge in [-0.2, -0.15) is 0 Å². The highest BCUT2D eigenvalue weighted by Crippen LogP contribution is 2.18. The van der Waals surface area contributed by atoms with E-state index in [0.29, 0.717) is 25.3 Å². The Kier molecular flexibility index (Phi) is 8.15. The number of nitrogens with zero attached hydrogens (tertiary/aromatic N) is 2. The number of thioether (sulfide) groups is 1. The van der Waals surface area contributed by atoms with E-state index in [1.165, 1.54) is 13.4 Å². The van der Waals surface area contributed by atoms with Crippen molar-refractivity contribution in [1.82, 2.24) is 9.88 Å². The number of carbonyl (C=O) groups excluding carboxylic acids is 2. The van der Waals surface area contributed by atoms with Gasteiger partial charge in [0.1, 0.15) is 6.26 Å². The van der Waals surface area contributed by atoms with Gasteiger partial charge in [0.05, 0.1) is 13.7 Å². The minimum Gasteiger partial charge on any atom is -0.464 e. The molecule has 1 aromatic carbocycles. The van der Waals surface area contributed by atoms with Crippen LogP contribution >= 0.6 is 11.8 Å². The van der Waals surface area contributed by atoms with Crippen molar-refractivity contribution < 1.29 is 23.5 Å². The van der Waals surface area contributed by atoms with Gasteiger partial charge in [0.2, 0.25) is 5.89 Å². The number of urea groups is 1. The first-order chi connectivity index (χ1) is 13.1. The Morgan fingerprint density at radius 3 is 2.63 bits per heavy atom. The van der Waals surface area contributed by atoms with Gasteiger partial charge >= 0.3 is 12.0 Å². The molecular weight excluding hydrogens is 370 g/mol. The SMILES string of the molecule is COCCCN(Cc1nc(C(=O)OC)co1)C(=O)Nc1ccc(SC)cc1. The average molecular weight is 393 g/mol. The van der Waals surface area contributed by atoms with E-state index in [9.17, 15) is 9.59 Å². The number of benzene rings is 1. The molecule has 0 unspecified atom stereocenters. The number of hydrogen-bond acceptors (Lipinski definition) is 7. The number of anilines is 1. The second kappa shape index (κ2) is 10.6. The molecule has 2 aromatic rings.